The second-order valence-corrected chi connectivity index (χ2v) is 8.11. The van der Waals surface area contributed by atoms with Gasteiger partial charge in [0, 0.05) is 25.0 Å². The zero-order valence-corrected chi connectivity index (χ0v) is 19.1. The lowest BCUT2D eigenvalue weighted by molar-refractivity contribution is -0.121. The van der Waals surface area contributed by atoms with E-state index in [0.717, 1.165) is 39.9 Å². The molecule has 0 radical (unpaired) electrons. The van der Waals surface area contributed by atoms with Crippen LogP contribution in [0.2, 0.25) is 0 Å². The molecule has 0 fully saturated rings. The highest BCUT2D eigenvalue weighted by Gasteiger charge is 2.11. The molecule has 2 heterocycles. The zero-order valence-electron chi connectivity index (χ0n) is 19.1. The van der Waals surface area contributed by atoms with Crippen LogP contribution in [0, 0.1) is 6.92 Å². The predicted octanol–water partition coefficient (Wildman–Crippen LogP) is 2.30. The molecule has 0 aliphatic carbocycles. The number of aryl methyl sites for hydroxylation is 2. The van der Waals surface area contributed by atoms with Gasteiger partial charge in [-0.15, -0.1) is 0 Å². The molecule has 0 unspecified atom stereocenters. The summed E-state index contributed by atoms with van der Waals surface area (Å²) in [5.74, 6) is -0.367. The Bertz CT molecular complexity index is 1370. The molecule has 4 aromatic rings. The summed E-state index contributed by atoms with van der Waals surface area (Å²) in [6.07, 6.45) is 4.94. The van der Waals surface area contributed by atoms with Gasteiger partial charge in [-0.1, -0.05) is 48.5 Å². The highest BCUT2D eigenvalue weighted by atomic mass is 16.2. The van der Waals surface area contributed by atoms with Crippen molar-refractivity contribution in [2.45, 2.75) is 32.9 Å². The topological polar surface area (TPSA) is 90.9 Å². The van der Waals surface area contributed by atoms with Crippen LogP contribution in [-0.2, 0) is 24.3 Å². The summed E-state index contributed by atoms with van der Waals surface area (Å²) in [6, 6.07) is 20.7. The molecular weight excluding hydrogens is 430 g/mol. The van der Waals surface area contributed by atoms with Gasteiger partial charge in [0.1, 0.15) is 6.54 Å². The molecule has 0 aliphatic rings. The highest BCUT2D eigenvalue weighted by Crippen LogP contribution is 2.13. The third-order valence-electron chi connectivity index (χ3n) is 5.60. The molecule has 2 aromatic carbocycles. The molecule has 34 heavy (non-hydrogen) atoms. The van der Waals surface area contributed by atoms with Crippen molar-refractivity contribution in [3.8, 4) is 5.69 Å². The minimum absolute atomic E-state index is 0.307. The number of nitrogens with one attached hydrogen (secondary N) is 1. The van der Waals surface area contributed by atoms with E-state index in [9.17, 15) is 14.4 Å². The quantitative estimate of drug-likeness (QED) is 0.391. The molecule has 1 amide bonds. The summed E-state index contributed by atoms with van der Waals surface area (Å²) in [6.45, 7) is 2.43. The highest BCUT2D eigenvalue weighted by molar-refractivity contribution is 5.75. The average molecular weight is 458 g/mol. The smallest absolute Gasteiger partial charge is 0.331 e. The van der Waals surface area contributed by atoms with E-state index in [2.05, 4.69) is 10.4 Å². The first-order valence-electron chi connectivity index (χ1n) is 11.2. The van der Waals surface area contributed by atoms with Gasteiger partial charge in [-0.25, -0.2) is 9.48 Å². The summed E-state index contributed by atoms with van der Waals surface area (Å²) in [4.78, 5) is 37.4. The Morgan fingerprint density at radius 2 is 1.68 bits per heavy atom. The molecule has 0 bridgehead atoms. The third kappa shape index (κ3) is 5.58. The van der Waals surface area contributed by atoms with E-state index in [4.69, 9.17) is 0 Å². The van der Waals surface area contributed by atoms with Crippen molar-refractivity contribution in [1.82, 2.24) is 24.2 Å². The SMILES string of the molecule is Cc1nn(-c2ccccc2)cc1CCCNC(=O)Cn1c(=O)ccn(Cc2ccccc2)c1=O. The lowest BCUT2D eigenvalue weighted by Gasteiger charge is -2.10. The van der Waals surface area contributed by atoms with Gasteiger partial charge in [-0.3, -0.25) is 18.7 Å². The van der Waals surface area contributed by atoms with E-state index >= 15 is 0 Å². The molecule has 8 nitrogen and oxygen atoms in total. The van der Waals surface area contributed by atoms with E-state index < -0.39 is 11.2 Å². The number of para-hydroxylation sites is 1. The maximum atomic E-state index is 12.7. The second-order valence-electron chi connectivity index (χ2n) is 8.11. The lowest BCUT2D eigenvalue weighted by Crippen LogP contribution is -2.43. The van der Waals surface area contributed by atoms with Crippen LogP contribution in [0.1, 0.15) is 23.2 Å². The van der Waals surface area contributed by atoms with Gasteiger partial charge >= 0.3 is 5.69 Å². The van der Waals surface area contributed by atoms with Gasteiger partial charge in [0.15, 0.2) is 0 Å². The zero-order chi connectivity index (χ0) is 23.9. The van der Waals surface area contributed by atoms with Gasteiger partial charge in [-0.2, -0.15) is 5.10 Å². The average Bonchev–Trinajstić information content (AvgIpc) is 3.23. The van der Waals surface area contributed by atoms with Gasteiger partial charge in [-0.05, 0) is 43.0 Å². The fourth-order valence-corrected chi connectivity index (χ4v) is 3.76. The van der Waals surface area contributed by atoms with E-state index in [-0.39, 0.29) is 12.5 Å². The largest absolute Gasteiger partial charge is 0.355 e. The van der Waals surface area contributed by atoms with Crippen LogP contribution < -0.4 is 16.6 Å². The number of carbonyl (C=O) groups excluding carboxylic acids is 1. The van der Waals surface area contributed by atoms with Crippen molar-refractivity contribution < 1.29 is 4.79 Å². The maximum absolute atomic E-state index is 12.7. The predicted molar refractivity (Wildman–Crippen MR) is 130 cm³/mol. The maximum Gasteiger partial charge on any atom is 0.331 e. The molecule has 0 aliphatic heterocycles. The molecule has 2 aromatic heterocycles. The number of rotatable bonds is 9. The third-order valence-corrected chi connectivity index (χ3v) is 5.60. The summed E-state index contributed by atoms with van der Waals surface area (Å²) in [5, 5.41) is 7.37. The van der Waals surface area contributed by atoms with Crippen LogP contribution >= 0.6 is 0 Å². The van der Waals surface area contributed by atoms with E-state index in [1.165, 1.54) is 16.8 Å². The molecular formula is C26H27N5O3. The monoisotopic (exact) mass is 457 g/mol. The van der Waals surface area contributed by atoms with Crippen molar-refractivity contribution in [3.63, 3.8) is 0 Å². The molecule has 0 saturated carbocycles. The van der Waals surface area contributed by atoms with Crippen molar-refractivity contribution >= 4 is 5.91 Å². The Morgan fingerprint density at radius 1 is 0.971 bits per heavy atom. The standard InChI is InChI=1S/C26H27N5O3/c1-20-22(18-31(28-20)23-12-6-3-7-13-23)11-8-15-27-24(32)19-30-25(33)14-16-29(26(30)34)17-21-9-4-2-5-10-21/h2-7,9-10,12-14,16,18H,8,11,15,17,19H2,1H3,(H,27,32). The number of carbonyl (C=O) groups is 1. The first kappa shape index (κ1) is 23.0. The van der Waals surface area contributed by atoms with Gasteiger partial charge in [0.05, 0.1) is 17.9 Å². The number of hydrogen-bond acceptors (Lipinski definition) is 4. The first-order valence-corrected chi connectivity index (χ1v) is 11.2. The summed E-state index contributed by atoms with van der Waals surface area (Å²) in [5.41, 5.74) is 3.00. The van der Waals surface area contributed by atoms with Gasteiger partial charge < -0.3 is 5.32 Å². The number of hydrogen-bond donors (Lipinski definition) is 1. The Kier molecular flexibility index (Phi) is 7.17. The van der Waals surface area contributed by atoms with Gasteiger partial charge in [0.25, 0.3) is 5.56 Å². The van der Waals surface area contributed by atoms with Crippen LogP contribution in [0.5, 0.6) is 0 Å². The molecule has 174 valence electrons. The van der Waals surface area contributed by atoms with Crippen LogP contribution in [0.4, 0.5) is 0 Å². The molecule has 0 saturated heterocycles. The Balaban J connectivity index is 1.32. The van der Waals surface area contributed by atoms with Gasteiger partial charge in [0.2, 0.25) is 5.91 Å². The Hall–Kier alpha value is -4.20. The van der Waals surface area contributed by atoms with Crippen molar-refractivity contribution in [2.24, 2.45) is 0 Å². The first-order chi connectivity index (χ1) is 16.5. The van der Waals surface area contributed by atoms with Crippen molar-refractivity contribution in [1.29, 1.82) is 0 Å². The molecule has 8 heteroatoms. The van der Waals surface area contributed by atoms with E-state index in [1.54, 1.807) is 0 Å². The number of aromatic nitrogens is 4. The second kappa shape index (κ2) is 10.6. The van der Waals surface area contributed by atoms with Crippen molar-refractivity contribution in [3.05, 3.63) is 117 Å². The number of benzene rings is 2. The fraction of sp³-hybridized carbons (Fsp3) is 0.231. The minimum Gasteiger partial charge on any atom is -0.355 e. The molecule has 0 spiro atoms. The van der Waals surface area contributed by atoms with Crippen LogP contribution in [0.3, 0.4) is 0 Å². The Morgan fingerprint density at radius 3 is 2.41 bits per heavy atom. The molecule has 0 atom stereocenters. The van der Waals surface area contributed by atoms with E-state index in [0.29, 0.717) is 13.1 Å². The number of nitrogens with zero attached hydrogens (tertiary/aromatic N) is 4. The summed E-state index contributed by atoms with van der Waals surface area (Å²) < 4.78 is 4.25. The van der Waals surface area contributed by atoms with E-state index in [1.807, 2.05) is 78.5 Å². The number of amides is 1. The van der Waals surface area contributed by atoms with Crippen molar-refractivity contribution in [2.75, 3.05) is 6.54 Å². The normalized spacial score (nSPS) is 10.9. The fourth-order valence-electron chi connectivity index (χ4n) is 3.76. The summed E-state index contributed by atoms with van der Waals surface area (Å²) in [7, 11) is 0. The van der Waals surface area contributed by atoms with Crippen LogP contribution in [0.15, 0.2) is 88.7 Å². The Labute approximate surface area is 197 Å². The minimum atomic E-state index is -0.504. The lowest BCUT2D eigenvalue weighted by atomic mass is 10.1. The van der Waals surface area contributed by atoms with Crippen LogP contribution in [0.25, 0.3) is 5.69 Å². The summed E-state index contributed by atoms with van der Waals surface area (Å²) >= 11 is 0. The molecule has 1 N–H and O–H groups in total. The molecule has 4 rings (SSSR count). The van der Waals surface area contributed by atoms with Crippen LogP contribution in [-0.4, -0.2) is 31.4 Å².